The third-order valence-electron chi connectivity index (χ3n) is 6.89. The molecule has 0 saturated heterocycles. The van der Waals surface area contributed by atoms with Crippen LogP contribution in [0.1, 0.15) is 64.4 Å². The second-order valence-electron chi connectivity index (χ2n) is 9.32. The van der Waals surface area contributed by atoms with Gasteiger partial charge in [0.05, 0.1) is 16.6 Å². The van der Waals surface area contributed by atoms with Crippen LogP contribution in [0.4, 0.5) is 0 Å². The predicted molar refractivity (Wildman–Crippen MR) is 142 cm³/mol. The Hall–Kier alpha value is -3.64. The first-order valence-corrected chi connectivity index (χ1v) is 12.8. The van der Waals surface area contributed by atoms with Crippen molar-refractivity contribution in [3.05, 3.63) is 88.4 Å². The van der Waals surface area contributed by atoms with Gasteiger partial charge in [-0.1, -0.05) is 55.1 Å². The lowest BCUT2D eigenvalue weighted by molar-refractivity contribution is 0.0696. The van der Waals surface area contributed by atoms with Gasteiger partial charge in [0.2, 0.25) is 0 Å². The van der Waals surface area contributed by atoms with Crippen molar-refractivity contribution in [1.29, 1.82) is 0 Å². The van der Waals surface area contributed by atoms with Crippen LogP contribution in [0.5, 0.6) is 0 Å². The number of hydrogen-bond acceptors (Lipinski definition) is 3. The lowest BCUT2D eigenvalue weighted by atomic mass is 9.94. The van der Waals surface area contributed by atoms with Crippen LogP contribution >= 0.6 is 11.6 Å². The number of hydrogen-bond donors (Lipinski definition) is 2. The van der Waals surface area contributed by atoms with E-state index < -0.39 is 5.97 Å². The fourth-order valence-electron chi connectivity index (χ4n) is 4.99. The Morgan fingerprint density at radius 2 is 1.64 bits per heavy atom. The van der Waals surface area contributed by atoms with E-state index >= 15 is 0 Å². The lowest BCUT2D eigenvalue weighted by Crippen LogP contribution is -2.25. The maximum Gasteiger partial charge on any atom is 0.335 e. The Labute approximate surface area is 214 Å². The molecule has 5 rings (SSSR count). The minimum Gasteiger partial charge on any atom is -0.478 e. The molecule has 0 atom stereocenters. The molecular weight excluding hydrogens is 474 g/mol. The average molecular weight is 502 g/mol. The van der Waals surface area contributed by atoms with E-state index in [-0.39, 0.29) is 11.5 Å². The highest BCUT2D eigenvalue weighted by Crippen LogP contribution is 2.36. The van der Waals surface area contributed by atoms with Crippen molar-refractivity contribution in [2.75, 3.05) is 6.54 Å². The highest BCUT2D eigenvalue weighted by molar-refractivity contribution is 6.30. The molecule has 1 saturated carbocycles. The SMILES string of the molecule is O=C(O)c1ccc2c(c1)nc(-c1ccc(C(=O)NCCc3ccc(Cl)cc3)cc1)n2C1CCCCC1. The molecule has 0 radical (unpaired) electrons. The largest absolute Gasteiger partial charge is 0.478 e. The molecule has 0 spiro atoms. The zero-order valence-corrected chi connectivity index (χ0v) is 20.7. The number of halogens is 1. The smallest absolute Gasteiger partial charge is 0.335 e. The number of nitrogens with one attached hydrogen (secondary N) is 1. The van der Waals surface area contributed by atoms with Gasteiger partial charge >= 0.3 is 5.97 Å². The summed E-state index contributed by atoms with van der Waals surface area (Å²) in [6, 6.07) is 20.6. The van der Waals surface area contributed by atoms with Gasteiger partial charge in [-0.25, -0.2) is 9.78 Å². The maximum absolute atomic E-state index is 12.7. The number of benzene rings is 3. The highest BCUT2D eigenvalue weighted by Gasteiger charge is 2.23. The van der Waals surface area contributed by atoms with Crippen molar-refractivity contribution in [2.24, 2.45) is 0 Å². The average Bonchev–Trinajstić information content (AvgIpc) is 3.29. The zero-order valence-electron chi connectivity index (χ0n) is 19.9. The second kappa shape index (κ2) is 10.5. The van der Waals surface area contributed by atoms with Crippen molar-refractivity contribution in [1.82, 2.24) is 14.9 Å². The summed E-state index contributed by atoms with van der Waals surface area (Å²) in [5.41, 5.74) is 4.47. The third kappa shape index (κ3) is 5.14. The summed E-state index contributed by atoms with van der Waals surface area (Å²) < 4.78 is 2.27. The van der Waals surface area contributed by atoms with Gasteiger partial charge in [0.1, 0.15) is 5.82 Å². The van der Waals surface area contributed by atoms with Gasteiger partial charge in [0.25, 0.3) is 5.91 Å². The van der Waals surface area contributed by atoms with Crippen molar-refractivity contribution < 1.29 is 14.7 Å². The standard InChI is InChI=1S/C29H28ClN3O3/c30-23-13-6-19(7-14-23)16-17-31-28(34)21-10-8-20(9-11-21)27-32-25-18-22(29(35)36)12-15-26(25)33(27)24-4-2-1-3-5-24/h6-15,18,24H,1-5,16-17H2,(H,31,34)(H,35,36). The fraction of sp³-hybridized carbons (Fsp3) is 0.276. The van der Waals surface area contributed by atoms with Crippen molar-refractivity contribution >= 4 is 34.5 Å². The number of carboxylic acids is 1. The molecular formula is C29H28ClN3O3. The summed E-state index contributed by atoms with van der Waals surface area (Å²) in [4.78, 5) is 29.0. The van der Waals surface area contributed by atoms with Crippen molar-refractivity contribution in [3.63, 3.8) is 0 Å². The van der Waals surface area contributed by atoms with Gasteiger partial charge < -0.3 is 15.0 Å². The number of imidazole rings is 1. The number of carbonyl (C=O) groups is 2. The third-order valence-corrected chi connectivity index (χ3v) is 7.15. The molecule has 4 aromatic rings. The first-order valence-electron chi connectivity index (χ1n) is 12.4. The van der Waals surface area contributed by atoms with Gasteiger partial charge in [0, 0.05) is 28.7 Å². The number of fused-ring (bicyclic) bond motifs is 1. The van der Waals surface area contributed by atoms with Crippen LogP contribution in [0.3, 0.4) is 0 Å². The number of nitrogens with zero attached hydrogens (tertiary/aromatic N) is 2. The first kappa shape index (κ1) is 24.1. The molecule has 0 unspecified atom stereocenters. The van der Waals surface area contributed by atoms with Crippen molar-refractivity contribution in [2.45, 2.75) is 44.6 Å². The maximum atomic E-state index is 12.7. The number of aromatic carboxylic acids is 1. The van der Waals surface area contributed by atoms with E-state index in [2.05, 4.69) is 9.88 Å². The van der Waals surface area contributed by atoms with Gasteiger partial charge in [-0.2, -0.15) is 0 Å². The molecule has 6 nitrogen and oxygen atoms in total. The number of rotatable bonds is 7. The Morgan fingerprint density at radius 1 is 0.944 bits per heavy atom. The number of aromatic nitrogens is 2. The highest BCUT2D eigenvalue weighted by atomic mass is 35.5. The van der Waals surface area contributed by atoms with Crippen LogP contribution in [0, 0.1) is 0 Å². The molecule has 7 heteroatoms. The summed E-state index contributed by atoms with van der Waals surface area (Å²) in [7, 11) is 0. The molecule has 1 amide bonds. The number of carboxylic acid groups (broad SMARTS) is 1. The van der Waals surface area contributed by atoms with Crippen LogP contribution in [0.15, 0.2) is 66.7 Å². The van der Waals surface area contributed by atoms with Crippen molar-refractivity contribution in [3.8, 4) is 11.4 Å². The number of amides is 1. The number of carbonyl (C=O) groups excluding carboxylic acids is 1. The summed E-state index contributed by atoms with van der Waals surface area (Å²) in [5.74, 6) is -0.270. The summed E-state index contributed by atoms with van der Waals surface area (Å²) in [6.45, 7) is 0.533. The van der Waals surface area contributed by atoms with E-state index in [4.69, 9.17) is 16.6 Å². The molecule has 1 aliphatic rings. The molecule has 36 heavy (non-hydrogen) atoms. The molecule has 1 aliphatic carbocycles. The molecule has 1 fully saturated rings. The minimum atomic E-state index is -0.961. The topological polar surface area (TPSA) is 84.2 Å². The van der Waals surface area contributed by atoms with Gasteiger partial charge in [0.15, 0.2) is 0 Å². The molecule has 1 heterocycles. The molecule has 1 aromatic heterocycles. The molecule has 3 aromatic carbocycles. The van der Waals surface area contributed by atoms with Crippen LogP contribution < -0.4 is 5.32 Å². The van der Waals surface area contributed by atoms with Gasteiger partial charge in [-0.15, -0.1) is 0 Å². The lowest BCUT2D eigenvalue weighted by Gasteiger charge is -2.25. The Kier molecular flexibility index (Phi) is 7.05. The zero-order chi connectivity index (χ0) is 25.1. The van der Waals surface area contributed by atoms with E-state index in [0.717, 1.165) is 41.7 Å². The van der Waals surface area contributed by atoms with E-state index in [9.17, 15) is 14.7 Å². The molecule has 0 aliphatic heterocycles. The Morgan fingerprint density at radius 3 is 2.33 bits per heavy atom. The fourth-order valence-corrected chi connectivity index (χ4v) is 5.11. The minimum absolute atomic E-state index is 0.123. The molecule has 184 valence electrons. The van der Waals surface area contributed by atoms with E-state index in [1.807, 2.05) is 54.6 Å². The van der Waals surface area contributed by atoms with E-state index in [0.29, 0.717) is 28.7 Å². The predicted octanol–water partition coefficient (Wildman–Crippen LogP) is 6.53. The first-order chi connectivity index (χ1) is 17.5. The second-order valence-corrected chi connectivity index (χ2v) is 9.75. The molecule has 2 N–H and O–H groups in total. The van der Waals surface area contributed by atoms with Crippen LogP contribution in [-0.4, -0.2) is 33.1 Å². The monoisotopic (exact) mass is 501 g/mol. The Balaban J connectivity index is 1.37. The molecule has 0 bridgehead atoms. The quantitative estimate of drug-likeness (QED) is 0.301. The van der Waals surface area contributed by atoms with Crippen LogP contribution in [-0.2, 0) is 6.42 Å². The summed E-state index contributed by atoms with van der Waals surface area (Å²) in [6.07, 6.45) is 6.47. The van der Waals surface area contributed by atoms with Crippen LogP contribution in [0.2, 0.25) is 5.02 Å². The van der Waals surface area contributed by atoms with Gasteiger partial charge in [-0.05, 0) is 67.3 Å². The summed E-state index contributed by atoms with van der Waals surface area (Å²) in [5, 5.41) is 13.1. The van der Waals surface area contributed by atoms with Gasteiger partial charge in [-0.3, -0.25) is 4.79 Å². The van der Waals surface area contributed by atoms with E-state index in [1.54, 1.807) is 12.1 Å². The van der Waals surface area contributed by atoms with Crippen LogP contribution in [0.25, 0.3) is 22.4 Å². The van der Waals surface area contributed by atoms with E-state index in [1.165, 1.54) is 19.3 Å². The normalized spacial score (nSPS) is 14.1. The Bertz CT molecular complexity index is 1390. The summed E-state index contributed by atoms with van der Waals surface area (Å²) >= 11 is 5.93.